The van der Waals surface area contributed by atoms with Crippen molar-refractivity contribution >= 4 is 29.9 Å². The van der Waals surface area contributed by atoms with Gasteiger partial charge in [0.1, 0.15) is 11.4 Å². The molecule has 2 heterocycles. The van der Waals surface area contributed by atoms with Crippen molar-refractivity contribution in [2.45, 2.75) is 45.3 Å². The number of guanidine groups is 1. The Morgan fingerprint density at radius 2 is 1.96 bits per heavy atom. The van der Waals surface area contributed by atoms with Crippen LogP contribution in [0.15, 0.2) is 53.8 Å². The van der Waals surface area contributed by atoms with E-state index in [2.05, 4.69) is 48.5 Å². The Bertz CT molecular complexity index is 749. The van der Waals surface area contributed by atoms with Gasteiger partial charge >= 0.3 is 0 Å². The molecule has 1 atom stereocenters. The molecule has 5 nitrogen and oxygen atoms in total. The lowest BCUT2D eigenvalue weighted by Crippen LogP contribution is -2.45. The van der Waals surface area contributed by atoms with Crippen LogP contribution in [0.1, 0.15) is 44.4 Å². The molecule has 1 aromatic heterocycles. The zero-order valence-electron chi connectivity index (χ0n) is 16.2. The Hall–Kier alpha value is -1.83. The van der Waals surface area contributed by atoms with Gasteiger partial charge in [0.2, 0.25) is 0 Å². The maximum atomic E-state index is 6.12. The van der Waals surface area contributed by atoms with E-state index >= 15 is 0 Å². The van der Waals surface area contributed by atoms with Gasteiger partial charge in [-0.1, -0.05) is 18.2 Å². The fraction of sp³-hybridized carbons (Fsp3) is 0.429. The predicted octanol–water partition coefficient (Wildman–Crippen LogP) is 4.10. The Morgan fingerprint density at radius 1 is 1.22 bits per heavy atom. The molecular formula is C21H29IN4O. The van der Waals surface area contributed by atoms with E-state index in [9.17, 15) is 0 Å². The minimum Gasteiger partial charge on any atom is -0.487 e. The number of para-hydroxylation sites is 1. The van der Waals surface area contributed by atoms with E-state index in [-0.39, 0.29) is 35.6 Å². The number of fused-ring (bicyclic) bond motifs is 1. The number of aliphatic imine (C=N–C) groups is 1. The zero-order chi connectivity index (χ0) is 18.4. The molecule has 27 heavy (non-hydrogen) atoms. The molecule has 0 radical (unpaired) electrons. The Morgan fingerprint density at radius 3 is 2.70 bits per heavy atom. The van der Waals surface area contributed by atoms with Crippen LogP contribution < -0.4 is 15.4 Å². The van der Waals surface area contributed by atoms with Crippen LogP contribution in [0.4, 0.5) is 0 Å². The molecule has 1 unspecified atom stereocenters. The number of nitrogens with one attached hydrogen (secondary N) is 2. The van der Waals surface area contributed by atoms with E-state index in [0.29, 0.717) is 0 Å². The van der Waals surface area contributed by atoms with E-state index in [1.165, 1.54) is 11.1 Å². The van der Waals surface area contributed by atoms with Gasteiger partial charge in [0.15, 0.2) is 5.96 Å². The van der Waals surface area contributed by atoms with Crippen molar-refractivity contribution < 1.29 is 4.74 Å². The zero-order valence-corrected chi connectivity index (χ0v) is 18.6. The smallest absolute Gasteiger partial charge is 0.191 e. The average Bonchev–Trinajstić information content (AvgIpc) is 2.62. The lowest BCUT2D eigenvalue weighted by molar-refractivity contribution is 0.0694. The van der Waals surface area contributed by atoms with Gasteiger partial charge in [0, 0.05) is 37.5 Å². The summed E-state index contributed by atoms with van der Waals surface area (Å²) >= 11 is 0. The first-order valence-electron chi connectivity index (χ1n) is 9.29. The predicted molar refractivity (Wildman–Crippen MR) is 121 cm³/mol. The summed E-state index contributed by atoms with van der Waals surface area (Å²) in [5.41, 5.74) is 2.23. The summed E-state index contributed by atoms with van der Waals surface area (Å²) in [5, 5.41) is 6.96. The number of nitrogens with zero attached hydrogens (tertiary/aromatic N) is 2. The number of ether oxygens (including phenoxy) is 1. The Balaban J connectivity index is 0.00000261. The largest absolute Gasteiger partial charge is 0.487 e. The monoisotopic (exact) mass is 480 g/mol. The molecule has 2 aromatic rings. The number of hydrogen-bond acceptors (Lipinski definition) is 3. The number of rotatable bonds is 5. The molecule has 0 aliphatic carbocycles. The second-order valence-corrected chi connectivity index (χ2v) is 7.17. The van der Waals surface area contributed by atoms with Crippen LogP contribution in [0.2, 0.25) is 0 Å². The molecule has 1 aliphatic rings. The van der Waals surface area contributed by atoms with Crippen LogP contribution in [0.3, 0.4) is 0 Å². The van der Waals surface area contributed by atoms with Crippen molar-refractivity contribution in [2.75, 3.05) is 13.1 Å². The summed E-state index contributed by atoms with van der Waals surface area (Å²) in [5.74, 6) is 1.80. The van der Waals surface area contributed by atoms with Crippen LogP contribution in [0, 0.1) is 0 Å². The molecule has 0 saturated heterocycles. The van der Waals surface area contributed by atoms with E-state index in [0.717, 1.165) is 37.6 Å². The third-order valence-corrected chi connectivity index (χ3v) is 4.45. The van der Waals surface area contributed by atoms with Crippen molar-refractivity contribution in [1.82, 2.24) is 15.6 Å². The van der Waals surface area contributed by atoms with E-state index in [1.54, 1.807) is 0 Å². The molecular weight excluding hydrogens is 451 g/mol. The first kappa shape index (κ1) is 21.5. The van der Waals surface area contributed by atoms with Gasteiger partial charge in [-0.05, 0) is 51.0 Å². The van der Waals surface area contributed by atoms with Crippen LogP contribution in [0.25, 0.3) is 0 Å². The van der Waals surface area contributed by atoms with E-state index < -0.39 is 0 Å². The molecule has 1 aromatic carbocycles. The average molecular weight is 480 g/mol. The summed E-state index contributed by atoms with van der Waals surface area (Å²) in [4.78, 5) is 8.81. The molecule has 1 aliphatic heterocycles. The highest BCUT2D eigenvalue weighted by molar-refractivity contribution is 14.0. The maximum absolute atomic E-state index is 6.12. The second kappa shape index (κ2) is 9.92. The van der Waals surface area contributed by atoms with Crippen LogP contribution in [-0.4, -0.2) is 29.6 Å². The molecule has 3 rings (SSSR count). The lowest BCUT2D eigenvalue weighted by atomic mass is 9.90. The van der Waals surface area contributed by atoms with Crippen LogP contribution in [0.5, 0.6) is 5.75 Å². The molecule has 6 heteroatoms. The quantitative estimate of drug-likeness (QED) is 0.385. The minimum atomic E-state index is -0.208. The third kappa shape index (κ3) is 6.09. The topological polar surface area (TPSA) is 58.5 Å². The summed E-state index contributed by atoms with van der Waals surface area (Å²) in [6.07, 6.45) is 5.43. The minimum absolute atomic E-state index is 0. The first-order valence-corrected chi connectivity index (χ1v) is 9.29. The van der Waals surface area contributed by atoms with Gasteiger partial charge in [0.05, 0.1) is 6.04 Å². The second-order valence-electron chi connectivity index (χ2n) is 7.17. The highest BCUT2D eigenvalue weighted by Crippen LogP contribution is 2.39. The Labute approximate surface area is 179 Å². The highest BCUT2D eigenvalue weighted by atomic mass is 127. The summed E-state index contributed by atoms with van der Waals surface area (Å²) in [6.45, 7) is 7.90. The lowest BCUT2D eigenvalue weighted by Gasteiger charge is -2.38. The van der Waals surface area contributed by atoms with Gasteiger partial charge in [-0.3, -0.25) is 9.98 Å². The van der Waals surface area contributed by atoms with Crippen molar-refractivity contribution in [3.05, 3.63) is 59.9 Å². The van der Waals surface area contributed by atoms with Crippen molar-refractivity contribution in [1.29, 1.82) is 0 Å². The fourth-order valence-electron chi connectivity index (χ4n) is 3.26. The van der Waals surface area contributed by atoms with Gasteiger partial charge in [0.25, 0.3) is 0 Å². The van der Waals surface area contributed by atoms with Crippen molar-refractivity contribution in [3.8, 4) is 5.75 Å². The molecule has 0 fully saturated rings. The summed E-state index contributed by atoms with van der Waals surface area (Å²) < 4.78 is 6.12. The molecule has 2 N–H and O–H groups in total. The van der Waals surface area contributed by atoms with Gasteiger partial charge in [-0.25, -0.2) is 0 Å². The highest BCUT2D eigenvalue weighted by Gasteiger charge is 2.33. The molecule has 0 amide bonds. The first-order chi connectivity index (χ1) is 12.6. The number of aromatic nitrogens is 1. The summed E-state index contributed by atoms with van der Waals surface area (Å²) in [7, 11) is 0. The van der Waals surface area contributed by atoms with E-state index in [1.807, 2.05) is 36.7 Å². The Kier molecular flexibility index (Phi) is 7.89. The van der Waals surface area contributed by atoms with Gasteiger partial charge < -0.3 is 15.4 Å². The number of benzene rings is 1. The summed E-state index contributed by atoms with van der Waals surface area (Å²) in [6, 6.07) is 12.5. The SMILES string of the molecule is CCNC(=NCCc1ccncc1)NC1CC(C)(C)Oc2ccccc21.I. The molecule has 0 saturated carbocycles. The van der Waals surface area contributed by atoms with Crippen molar-refractivity contribution in [3.63, 3.8) is 0 Å². The number of halogens is 1. The normalized spacial score (nSPS) is 17.9. The van der Waals surface area contributed by atoms with E-state index in [4.69, 9.17) is 9.73 Å². The number of pyridine rings is 1. The maximum Gasteiger partial charge on any atom is 0.191 e. The number of hydrogen-bond donors (Lipinski definition) is 2. The standard InChI is InChI=1S/C21H28N4O.HI/c1-4-23-20(24-14-11-16-9-12-22-13-10-16)25-18-15-21(2,3)26-19-8-6-5-7-17(18)19;/h5-10,12-13,18H,4,11,14-15H2,1-3H3,(H2,23,24,25);1H. The van der Waals surface area contributed by atoms with Crippen LogP contribution >= 0.6 is 24.0 Å². The van der Waals surface area contributed by atoms with Gasteiger partial charge in [-0.15, -0.1) is 24.0 Å². The molecule has 0 spiro atoms. The molecule has 0 bridgehead atoms. The van der Waals surface area contributed by atoms with Crippen molar-refractivity contribution in [2.24, 2.45) is 4.99 Å². The molecule has 146 valence electrons. The third-order valence-electron chi connectivity index (χ3n) is 4.45. The van der Waals surface area contributed by atoms with Crippen LogP contribution in [-0.2, 0) is 6.42 Å². The van der Waals surface area contributed by atoms with Gasteiger partial charge in [-0.2, -0.15) is 0 Å². The fourth-order valence-corrected chi connectivity index (χ4v) is 3.26.